The van der Waals surface area contributed by atoms with Gasteiger partial charge in [0.05, 0.1) is 13.2 Å². The minimum Gasteiger partial charge on any atom is -0.379 e. The highest BCUT2D eigenvalue weighted by Gasteiger charge is 2.02. The first-order valence-electron chi connectivity index (χ1n) is 3.91. The van der Waals surface area contributed by atoms with Gasteiger partial charge < -0.3 is 9.64 Å². The van der Waals surface area contributed by atoms with Gasteiger partial charge in [0, 0.05) is 19.6 Å². The molecular formula is C7H17FN2O. The van der Waals surface area contributed by atoms with Crippen LogP contribution in [0.1, 0.15) is 6.92 Å². The molecule has 1 N–H and O–H groups in total. The first-order valence-corrected chi connectivity index (χ1v) is 3.91. The summed E-state index contributed by atoms with van der Waals surface area (Å²) in [5.41, 5.74) is 1.43. The number of rotatable bonds is 1. The largest absolute Gasteiger partial charge is 0.379 e. The van der Waals surface area contributed by atoms with Crippen LogP contribution in [0.25, 0.3) is 0 Å². The molecule has 1 heterocycles. The minimum atomic E-state index is 0.403. The maximum absolute atomic E-state index is 10.5. The molecule has 1 saturated heterocycles. The van der Waals surface area contributed by atoms with E-state index in [9.17, 15) is 4.48 Å². The van der Waals surface area contributed by atoms with Crippen LogP contribution >= 0.6 is 0 Å². The van der Waals surface area contributed by atoms with Crippen molar-refractivity contribution in [2.45, 2.75) is 6.92 Å². The SMILES string of the molecule is CCNF.CN1CCOCC1. The van der Waals surface area contributed by atoms with E-state index in [4.69, 9.17) is 4.74 Å². The van der Waals surface area contributed by atoms with E-state index in [1.165, 1.54) is 5.54 Å². The predicted molar refractivity (Wildman–Crippen MR) is 43.1 cm³/mol. The molecule has 0 saturated carbocycles. The second kappa shape index (κ2) is 7.91. The molecule has 1 rings (SSSR count). The molecule has 0 radical (unpaired) electrons. The van der Waals surface area contributed by atoms with Crippen LogP contribution in [0.4, 0.5) is 4.48 Å². The molecule has 1 fully saturated rings. The number of hydrogen-bond acceptors (Lipinski definition) is 3. The van der Waals surface area contributed by atoms with Crippen LogP contribution < -0.4 is 5.54 Å². The summed E-state index contributed by atoms with van der Waals surface area (Å²) in [5, 5.41) is 0. The van der Waals surface area contributed by atoms with Gasteiger partial charge >= 0.3 is 0 Å². The maximum atomic E-state index is 10.5. The van der Waals surface area contributed by atoms with E-state index in [2.05, 4.69) is 11.9 Å². The fourth-order valence-electron chi connectivity index (χ4n) is 0.655. The Balaban J connectivity index is 0.000000218. The standard InChI is InChI=1S/C5H11NO.C2H6FN/c1-6-2-4-7-5-3-6;1-2-4-3/h2-5H2,1H3;4H,2H2,1H3. The van der Waals surface area contributed by atoms with E-state index in [0.717, 1.165) is 26.3 Å². The molecule has 4 heteroatoms. The first-order chi connectivity index (χ1) is 5.31. The minimum absolute atomic E-state index is 0.403. The van der Waals surface area contributed by atoms with E-state index >= 15 is 0 Å². The van der Waals surface area contributed by atoms with Gasteiger partial charge in [-0.25, -0.2) is 0 Å². The molecule has 0 aromatic rings. The topological polar surface area (TPSA) is 24.5 Å². The van der Waals surface area contributed by atoms with Gasteiger partial charge in [-0.2, -0.15) is 5.54 Å². The maximum Gasteiger partial charge on any atom is 0.0594 e. The van der Waals surface area contributed by atoms with Gasteiger partial charge in [0.15, 0.2) is 0 Å². The Labute approximate surface area is 67.5 Å². The molecule has 0 unspecified atom stereocenters. The molecule has 0 aromatic carbocycles. The van der Waals surface area contributed by atoms with Gasteiger partial charge in [0.1, 0.15) is 0 Å². The van der Waals surface area contributed by atoms with Crippen LogP contribution in [0.5, 0.6) is 0 Å². The van der Waals surface area contributed by atoms with Crippen LogP contribution in [-0.2, 0) is 4.74 Å². The van der Waals surface area contributed by atoms with Crippen molar-refractivity contribution in [1.29, 1.82) is 0 Å². The molecule has 68 valence electrons. The Hall–Kier alpha value is -0.190. The van der Waals surface area contributed by atoms with Crippen molar-refractivity contribution in [3.63, 3.8) is 0 Å². The van der Waals surface area contributed by atoms with Crippen LogP contribution in [0.2, 0.25) is 0 Å². The van der Waals surface area contributed by atoms with Crippen LogP contribution in [0.3, 0.4) is 0 Å². The zero-order valence-electron chi connectivity index (χ0n) is 7.27. The van der Waals surface area contributed by atoms with Gasteiger partial charge in [-0.05, 0) is 7.05 Å². The summed E-state index contributed by atoms with van der Waals surface area (Å²) in [7, 11) is 2.11. The van der Waals surface area contributed by atoms with Crippen molar-refractivity contribution in [3.05, 3.63) is 0 Å². The third-order valence-electron chi connectivity index (χ3n) is 1.37. The molecular weight excluding hydrogens is 147 g/mol. The Morgan fingerprint density at radius 1 is 1.45 bits per heavy atom. The molecule has 1 aliphatic heterocycles. The van der Waals surface area contributed by atoms with E-state index in [0.29, 0.717) is 6.54 Å². The molecule has 11 heavy (non-hydrogen) atoms. The van der Waals surface area contributed by atoms with Crippen LogP contribution in [0.15, 0.2) is 0 Å². The average Bonchev–Trinajstić information content (AvgIpc) is 2.07. The Morgan fingerprint density at radius 3 is 2.09 bits per heavy atom. The molecule has 0 aromatic heterocycles. The molecule has 3 nitrogen and oxygen atoms in total. The molecule has 0 atom stereocenters. The highest BCUT2D eigenvalue weighted by molar-refractivity contribution is 4.53. The number of nitrogens with one attached hydrogen (secondary N) is 1. The van der Waals surface area contributed by atoms with Gasteiger partial charge in [0.25, 0.3) is 0 Å². The Bertz CT molecular complexity index is 74.8. The quantitative estimate of drug-likeness (QED) is 0.569. The summed E-state index contributed by atoms with van der Waals surface area (Å²) >= 11 is 0. The number of hydrogen-bond donors (Lipinski definition) is 1. The van der Waals surface area contributed by atoms with Crippen molar-refractivity contribution < 1.29 is 9.22 Å². The van der Waals surface area contributed by atoms with Crippen molar-refractivity contribution in [2.75, 3.05) is 39.9 Å². The molecule has 0 bridgehead atoms. The summed E-state index contributed by atoms with van der Waals surface area (Å²) in [6.45, 7) is 6.12. The van der Waals surface area contributed by atoms with Crippen molar-refractivity contribution in [1.82, 2.24) is 10.4 Å². The summed E-state index contributed by atoms with van der Waals surface area (Å²) in [4.78, 5) is 2.27. The number of morpholine rings is 1. The van der Waals surface area contributed by atoms with E-state index in [1.54, 1.807) is 6.92 Å². The van der Waals surface area contributed by atoms with Gasteiger partial charge in [-0.3, -0.25) is 0 Å². The zero-order valence-corrected chi connectivity index (χ0v) is 7.27. The predicted octanol–water partition coefficient (Wildman–Crippen LogP) is 0.429. The van der Waals surface area contributed by atoms with Crippen LogP contribution in [0, 0.1) is 0 Å². The monoisotopic (exact) mass is 164 g/mol. The molecule has 0 amide bonds. The number of ether oxygens (including phenoxy) is 1. The average molecular weight is 164 g/mol. The smallest absolute Gasteiger partial charge is 0.0594 e. The molecule has 0 spiro atoms. The fraction of sp³-hybridized carbons (Fsp3) is 1.00. The summed E-state index contributed by atoms with van der Waals surface area (Å²) < 4.78 is 15.6. The number of likely N-dealkylation sites (N-methyl/N-ethyl adjacent to an activating group) is 1. The van der Waals surface area contributed by atoms with E-state index in [-0.39, 0.29) is 0 Å². The van der Waals surface area contributed by atoms with Gasteiger partial charge in [-0.1, -0.05) is 6.92 Å². The third-order valence-corrected chi connectivity index (χ3v) is 1.37. The van der Waals surface area contributed by atoms with E-state index < -0.39 is 0 Å². The van der Waals surface area contributed by atoms with Crippen molar-refractivity contribution >= 4 is 0 Å². The lowest BCUT2D eigenvalue weighted by Crippen LogP contribution is -2.32. The van der Waals surface area contributed by atoms with Crippen molar-refractivity contribution in [2.24, 2.45) is 0 Å². The lowest BCUT2D eigenvalue weighted by molar-refractivity contribution is 0.0503. The summed E-state index contributed by atoms with van der Waals surface area (Å²) in [5.74, 6) is 0. The van der Waals surface area contributed by atoms with Crippen LogP contribution in [-0.4, -0.2) is 44.8 Å². The lowest BCUT2D eigenvalue weighted by Gasteiger charge is -2.21. The molecule has 0 aliphatic carbocycles. The zero-order chi connectivity index (χ0) is 8.53. The fourth-order valence-corrected chi connectivity index (χ4v) is 0.655. The van der Waals surface area contributed by atoms with E-state index in [1.807, 2.05) is 0 Å². The lowest BCUT2D eigenvalue weighted by atomic mass is 10.5. The van der Waals surface area contributed by atoms with Gasteiger partial charge in [0.2, 0.25) is 0 Å². The highest BCUT2D eigenvalue weighted by Crippen LogP contribution is 1.89. The van der Waals surface area contributed by atoms with Crippen molar-refractivity contribution in [3.8, 4) is 0 Å². The number of nitrogens with zero attached hydrogens (tertiary/aromatic N) is 1. The normalized spacial score (nSPS) is 18.8. The summed E-state index contributed by atoms with van der Waals surface area (Å²) in [6.07, 6.45) is 0. The summed E-state index contributed by atoms with van der Waals surface area (Å²) in [6, 6.07) is 0. The highest BCUT2D eigenvalue weighted by atomic mass is 19.2. The first kappa shape index (κ1) is 10.8. The third kappa shape index (κ3) is 7.71. The Morgan fingerprint density at radius 2 is 1.91 bits per heavy atom. The second-order valence-electron chi connectivity index (χ2n) is 2.40. The second-order valence-corrected chi connectivity index (χ2v) is 2.40. The molecule has 1 aliphatic rings. The number of halogens is 1. The van der Waals surface area contributed by atoms with Gasteiger partial charge in [-0.15, -0.1) is 4.48 Å². The Kier molecular flexibility index (Phi) is 7.78.